The maximum atomic E-state index is 11.8. The number of rotatable bonds is 8. The van der Waals surface area contributed by atoms with Gasteiger partial charge in [0.25, 0.3) is 0 Å². The maximum Gasteiger partial charge on any atom is 0.220 e. The number of carbonyl (C=O) groups excluding carboxylic acids is 1. The van der Waals surface area contributed by atoms with E-state index in [1.165, 1.54) is 0 Å². The predicted octanol–water partition coefficient (Wildman–Crippen LogP) is 2.01. The van der Waals surface area contributed by atoms with Crippen LogP contribution in [0.1, 0.15) is 31.2 Å². The Bertz CT molecular complexity index is 551. The normalized spacial score (nSPS) is 10.5. The van der Waals surface area contributed by atoms with Crippen LogP contribution in [0.3, 0.4) is 0 Å². The summed E-state index contributed by atoms with van der Waals surface area (Å²) in [6.45, 7) is 1.21. The summed E-state index contributed by atoms with van der Waals surface area (Å²) in [5.74, 6) is 0.0855. The van der Waals surface area contributed by atoms with Gasteiger partial charge in [0.1, 0.15) is 0 Å². The molecule has 5 heteroatoms. The minimum atomic E-state index is 0.0855. The third-order valence-electron chi connectivity index (χ3n) is 3.33. The van der Waals surface area contributed by atoms with E-state index >= 15 is 0 Å². The van der Waals surface area contributed by atoms with Crippen LogP contribution in [-0.4, -0.2) is 22.2 Å². The molecule has 5 nitrogen and oxygen atoms in total. The van der Waals surface area contributed by atoms with Gasteiger partial charge in [-0.15, -0.1) is 0 Å². The van der Waals surface area contributed by atoms with E-state index in [-0.39, 0.29) is 5.91 Å². The Hall–Kier alpha value is -2.14. The van der Waals surface area contributed by atoms with Crippen molar-refractivity contribution in [1.29, 1.82) is 0 Å². The predicted molar refractivity (Wildman–Crippen MR) is 82.9 cm³/mol. The number of amides is 1. The summed E-state index contributed by atoms with van der Waals surface area (Å²) in [5, 5.41) is 7.20. The van der Waals surface area contributed by atoms with Gasteiger partial charge >= 0.3 is 0 Å². The van der Waals surface area contributed by atoms with Crippen LogP contribution in [0.15, 0.2) is 42.7 Å². The molecule has 0 aliphatic heterocycles. The fraction of sp³-hybridized carbons (Fsp3) is 0.375. The smallest absolute Gasteiger partial charge is 0.220 e. The van der Waals surface area contributed by atoms with Crippen molar-refractivity contribution < 1.29 is 4.79 Å². The van der Waals surface area contributed by atoms with Gasteiger partial charge in [0.15, 0.2) is 0 Å². The molecule has 2 aromatic rings. The van der Waals surface area contributed by atoms with Gasteiger partial charge in [0.05, 0.1) is 5.69 Å². The van der Waals surface area contributed by atoms with Crippen molar-refractivity contribution in [3.05, 3.63) is 48.3 Å². The van der Waals surface area contributed by atoms with Crippen molar-refractivity contribution in [2.24, 2.45) is 5.73 Å². The summed E-state index contributed by atoms with van der Waals surface area (Å²) < 4.78 is 1.81. The van der Waals surface area contributed by atoms with E-state index in [9.17, 15) is 4.79 Å². The van der Waals surface area contributed by atoms with Gasteiger partial charge in [-0.1, -0.05) is 24.6 Å². The second kappa shape index (κ2) is 8.21. The lowest BCUT2D eigenvalue weighted by Gasteiger charge is -2.10. The van der Waals surface area contributed by atoms with Gasteiger partial charge in [-0.3, -0.25) is 4.79 Å². The van der Waals surface area contributed by atoms with E-state index in [1.54, 1.807) is 6.20 Å². The Morgan fingerprint density at radius 3 is 2.81 bits per heavy atom. The van der Waals surface area contributed by atoms with Gasteiger partial charge in [-0.2, -0.15) is 5.10 Å². The molecule has 1 amide bonds. The summed E-state index contributed by atoms with van der Waals surface area (Å²) in [5.41, 5.74) is 7.48. The van der Waals surface area contributed by atoms with Crippen LogP contribution in [0.5, 0.6) is 0 Å². The van der Waals surface area contributed by atoms with Gasteiger partial charge in [-0.25, -0.2) is 4.68 Å². The van der Waals surface area contributed by atoms with Crippen LogP contribution >= 0.6 is 0 Å². The average molecular weight is 286 g/mol. The monoisotopic (exact) mass is 286 g/mol. The molecule has 112 valence electrons. The van der Waals surface area contributed by atoms with Gasteiger partial charge in [-0.05, 0) is 37.1 Å². The Kier molecular flexibility index (Phi) is 5.97. The largest absolute Gasteiger partial charge is 0.352 e. The molecular formula is C16H22N4O. The number of hydrogen-bond donors (Lipinski definition) is 2. The van der Waals surface area contributed by atoms with Gasteiger partial charge in [0.2, 0.25) is 5.91 Å². The fourth-order valence-corrected chi connectivity index (χ4v) is 2.18. The van der Waals surface area contributed by atoms with Crippen LogP contribution < -0.4 is 11.1 Å². The van der Waals surface area contributed by atoms with E-state index in [2.05, 4.69) is 10.4 Å². The zero-order chi connectivity index (χ0) is 14.9. The summed E-state index contributed by atoms with van der Waals surface area (Å²) in [4.78, 5) is 11.8. The average Bonchev–Trinajstić information content (AvgIpc) is 3.04. The number of benzene rings is 1. The van der Waals surface area contributed by atoms with E-state index in [4.69, 9.17) is 5.73 Å². The van der Waals surface area contributed by atoms with Gasteiger partial charge in [0, 0.05) is 25.4 Å². The first-order valence-electron chi connectivity index (χ1n) is 7.36. The first-order valence-corrected chi connectivity index (χ1v) is 7.36. The fourth-order valence-electron chi connectivity index (χ4n) is 2.18. The number of para-hydroxylation sites is 1. The second-order valence-electron chi connectivity index (χ2n) is 4.96. The Morgan fingerprint density at radius 2 is 2.05 bits per heavy atom. The number of nitrogens with zero attached hydrogens (tertiary/aromatic N) is 2. The number of aromatic nitrogens is 2. The molecular weight excluding hydrogens is 264 g/mol. The molecule has 0 atom stereocenters. The van der Waals surface area contributed by atoms with E-state index in [0.29, 0.717) is 19.5 Å². The lowest BCUT2D eigenvalue weighted by atomic mass is 10.1. The second-order valence-corrected chi connectivity index (χ2v) is 4.96. The van der Waals surface area contributed by atoms with Crippen molar-refractivity contribution in [3.8, 4) is 5.69 Å². The van der Waals surface area contributed by atoms with E-state index < -0.39 is 0 Å². The summed E-state index contributed by atoms with van der Waals surface area (Å²) in [6, 6.07) is 9.82. The molecule has 1 aromatic carbocycles. The SMILES string of the molecule is NCCCCCC(=O)NCc1ccccc1-n1cccn1. The number of unbranched alkanes of at least 4 members (excludes halogenated alkanes) is 2. The summed E-state index contributed by atoms with van der Waals surface area (Å²) in [7, 11) is 0. The summed E-state index contributed by atoms with van der Waals surface area (Å²) >= 11 is 0. The molecule has 2 rings (SSSR count). The Morgan fingerprint density at radius 1 is 1.19 bits per heavy atom. The first-order chi connectivity index (χ1) is 10.3. The molecule has 0 aliphatic carbocycles. The number of nitrogens with two attached hydrogens (primary N) is 1. The zero-order valence-corrected chi connectivity index (χ0v) is 12.2. The Labute approximate surface area is 125 Å². The highest BCUT2D eigenvalue weighted by Gasteiger charge is 2.06. The lowest BCUT2D eigenvalue weighted by molar-refractivity contribution is -0.121. The molecule has 3 N–H and O–H groups in total. The Balaban J connectivity index is 1.87. The zero-order valence-electron chi connectivity index (χ0n) is 12.2. The van der Waals surface area contributed by atoms with Crippen LogP contribution in [0.2, 0.25) is 0 Å². The summed E-state index contributed by atoms with van der Waals surface area (Å²) in [6.07, 6.45) is 7.08. The topological polar surface area (TPSA) is 72.9 Å². The number of carbonyl (C=O) groups is 1. The molecule has 0 saturated carbocycles. The molecule has 21 heavy (non-hydrogen) atoms. The van der Waals surface area contributed by atoms with Crippen molar-refractivity contribution in [2.75, 3.05) is 6.54 Å². The van der Waals surface area contributed by atoms with Crippen LogP contribution in [0.4, 0.5) is 0 Å². The standard InChI is InChI=1S/C16H22N4O/c17-10-5-1-2-9-16(21)18-13-14-7-3-4-8-15(14)20-12-6-11-19-20/h3-4,6-8,11-12H,1-2,5,9-10,13,17H2,(H,18,21). The van der Waals surface area contributed by atoms with Gasteiger partial charge < -0.3 is 11.1 Å². The molecule has 1 heterocycles. The molecule has 0 unspecified atom stereocenters. The molecule has 0 aliphatic rings. The molecule has 1 aromatic heterocycles. The lowest BCUT2D eigenvalue weighted by Crippen LogP contribution is -2.23. The van der Waals surface area contributed by atoms with E-state index in [1.807, 2.05) is 41.2 Å². The molecule has 0 spiro atoms. The van der Waals surface area contributed by atoms with Crippen molar-refractivity contribution >= 4 is 5.91 Å². The third kappa shape index (κ3) is 4.72. The minimum absolute atomic E-state index is 0.0855. The van der Waals surface area contributed by atoms with Crippen molar-refractivity contribution in [2.45, 2.75) is 32.2 Å². The number of hydrogen-bond acceptors (Lipinski definition) is 3. The third-order valence-corrected chi connectivity index (χ3v) is 3.33. The van der Waals surface area contributed by atoms with E-state index in [0.717, 1.165) is 30.5 Å². The molecule has 0 fully saturated rings. The maximum absolute atomic E-state index is 11.8. The highest BCUT2D eigenvalue weighted by Crippen LogP contribution is 2.13. The highest BCUT2D eigenvalue weighted by atomic mass is 16.1. The molecule has 0 radical (unpaired) electrons. The quantitative estimate of drug-likeness (QED) is 0.729. The van der Waals surface area contributed by atoms with Crippen LogP contribution in [0.25, 0.3) is 5.69 Å². The highest BCUT2D eigenvalue weighted by molar-refractivity contribution is 5.75. The van der Waals surface area contributed by atoms with Crippen LogP contribution in [0, 0.1) is 0 Å². The molecule has 0 saturated heterocycles. The first kappa shape index (κ1) is 15.3. The van der Waals surface area contributed by atoms with Crippen molar-refractivity contribution in [1.82, 2.24) is 15.1 Å². The van der Waals surface area contributed by atoms with Crippen molar-refractivity contribution in [3.63, 3.8) is 0 Å². The van der Waals surface area contributed by atoms with Crippen LogP contribution in [-0.2, 0) is 11.3 Å². The minimum Gasteiger partial charge on any atom is -0.352 e. The number of nitrogens with one attached hydrogen (secondary N) is 1. The molecule has 0 bridgehead atoms.